The van der Waals surface area contributed by atoms with Crippen LogP contribution in [-0.4, -0.2) is 90.3 Å². The lowest BCUT2D eigenvalue weighted by molar-refractivity contribution is -0.130. The average molecular weight is 601 g/mol. The van der Waals surface area contributed by atoms with Gasteiger partial charge in [0.2, 0.25) is 17.7 Å². The fourth-order valence-corrected chi connectivity index (χ4v) is 4.18. The second-order valence-corrected chi connectivity index (χ2v) is 10.2. The molecule has 0 spiro atoms. The highest BCUT2D eigenvalue weighted by Crippen LogP contribution is 2.11. The zero-order valence-electron chi connectivity index (χ0n) is 25.6. The van der Waals surface area contributed by atoms with Crippen LogP contribution in [-0.2, 0) is 57.3 Å². The van der Waals surface area contributed by atoms with Gasteiger partial charge in [-0.1, -0.05) is 54.6 Å². The molecule has 0 bridgehead atoms. The number of hydrogen-bond donors (Lipinski definition) is 2. The van der Waals surface area contributed by atoms with Crippen LogP contribution >= 0.6 is 0 Å². The average Bonchev–Trinajstić information content (AvgIpc) is 2.98. The van der Waals surface area contributed by atoms with Gasteiger partial charge in [-0.15, -0.1) is 0 Å². The van der Waals surface area contributed by atoms with E-state index in [-0.39, 0.29) is 37.9 Å². The van der Waals surface area contributed by atoms with Crippen molar-refractivity contribution in [3.8, 4) is 0 Å². The summed E-state index contributed by atoms with van der Waals surface area (Å²) in [5.74, 6) is -1.15. The molecule has 0 aliphatic heterocycles. The van der Waals surface area contributed by atoms with E-state index in [0.717, 1.165) is 31.2 Å². The maximum Gasteiger partial charge on any atom is 0.246 e. The molecule has 2 aromatic rings. The first-order chi connectivity index (χ1) is 21.0. The number of aryl methyl sites for hydroxylation is 2. The summed E-state index contributed by atoms with van der Waals surface area (Å²) >= 11 is 0. The van der Waals surface area contributed by atoms with Crippen molar-refractivity contribution in [3.05, 3.63) is 71.3 Å². The topological polar surface area (TPSA) is 121 Å². The van der Waals surface area contributed by atoms with Crippen molar-refractivity contribution in [1.29, 1.82) is 0 Å². The van der Waals surface area contributed by atoms with Crippen molar-refractivity contribution >= 4 is 17.7 Å². The summed E-state index contributed by atoms with van der Waals surface area (Å²) < 4.78 is 26.2. The predicted molar refractivity (Wildman–Crippen MR) is 164 cm³/mol. The van der Waals surface area contributed by atoms with E-state index in [0.29, 0.717) is 46.2 Å². The number of rotatable bonds is 24. The molecule has 0 unspecified atom stereocenters. The molecule has 0 saturated carbocycles. The molecule has 2 aromatic carbocycles. The first-order valence-corrected chi connectivity index (χ1v) is 15.0. The van der Waals surface area contributed by atoms with Crippen LogP contribution in [0.4, 0.5) is 0 Å². The Hall–Kier alpha value is -3.15. The molecule has 3 amide bonds. The van der Waals surface area contributed by atoms with Crippen molar-refractivity contribution in [2.24, 2.45) is 0 Å². The molecule has 238 valence electrons. The van der Waals surface area contributed by atoms with Gasteiger partial charge in [-0.25, -0.2) is 0 Å². The monoisotopic (exact) mass is 600 g/mol. The van der Waals surface area contributed by atoms with Gasteiger partial charge < -0.3 is 29.0 Å². The van der Waals surface area contributed by atoms with Crippen LogP contribution in [0.25, 0.3) is 0 Å². The Morgan fingerprint density at radius 2 is 1.14 bits per heavy atom. The van der Waals surface area contributed by atoms with Gasteiger partial charge in [0, 0.05) is 19.6 Å². The van der Waals surface area contributed by atoms with Crippen molar-refractivity contribution in [2.75, 3.05) is 66.6 Å². The Bertz CT molecular complexity index is 1030. The normalized spacial score (nSPS) is 11.7. The van der Waals surface area contributed by atoms with Gasteiger partial charge in [0.1, 0.15) is 6.61 Å². The molecule has 10 heteroatoms. The third-order valence-corrected chi connectivity index (χ3v) is 6.37. The zero-order valence-corrected chi connectivity index (χ0v) is 25.6. The first-order valence-electron chi connectivity index (χ1n) is 15.0. The molecule has 0 aliphatic rings. The molecule has 2 rings (SSSR count). The quantitative estimate of drug-likeness (QED) is 0.177. The largest absolute Gasteiger partial charge is 0.382 e. The van der Waals surface area contributed by atoms with E-state index in [1.807, 2.05) is 30.3 Å². The minimum absolute atomic E-state index is 0.0140. The van der Waals surface area contributed by atoms with E-state index in [1.54, 1.807) is 14.0 Å². The van der Waals surface area contributed by atoms with Crippen molar-refractivity contribution in [3.63, 3.8) is 0 Å². The van der Waals surface area contributed by atoms with Crippen LogP contribution < -0.4 is 10.6 Å². The highest BCUT2D eigenvalue weighted by atomic mass is 16.6. The second-order valence-electron chi connectivity index (χ2n) is 10.2. The molecule has 0 aromatic heterocycles. The summed E-state index contributed by atoms with van der Waals surface area (Å²) in [7, 11) is 1.62. The third-order valence-electron chi connectivity index (χ3n) is 6.37. The summed E-state index contributed by atoms with van der Waals surface area (Å²) in [6.07, 6.45) is 4.39. The van der Waals surface area contributed by atoms with E-state index in [9.17, 15) is 14.4 Å². The van der Waals surface area contributed by atoms with Gasteiger partial charge in [0.05, 0.1) is 59.3 Å². The van der Waals surface area contributed by atoms with Crippen LogP contribution in [0.2, 0.25) is 0 Å². The maximum absolute atomic E-state index is 12.3. The summed E-state index contributed by atoms with van der Waals surface area (Å²) in [4.78, 5) is 36.7. The van der Waals surface area contributed by atoms with E-state index in [2.05, 4.69) is 34.9 Å². The number of amides is 3. The zero-order chi connectivity index (χ0) is 31.0. The Morgan fingerprint density at radius 3 is 1.72 bits per heavy atom. The molecule has 10 nitrogen and oxygen atoms in total. The van der Waals surface area contributed by atoms with Crippen LogP contribution in [0.15, 0.2) is 54.6 Å². The summed E-state index contributed by atoms with van der Waals surface area (Å²) in [6.45, 7) is 5.09. The fourth-order valence-electron chi connectivity index (χ4n) is 4.18. The second kappa shape index (κ2) is 23.3. The van der Waals surface area contributed by atoms with Gasteiger partial charge >= 0.3 is 0 Å². The van der Waals surface area contributed by atoms with Crippen LogP contribution in [0.3, 0.4) is 0 Å². The van der Waals surface area contributed by atoms with Crippen LogP contribution in [0, 0.1) is 0 Å². The molecular formula is C33H48N2O8. The van der Waals surface area contributed by atoms with Gasteiger partial charge in [0.15, 0.2) is 0 Å². The van der Waals surface area contributed by atoms with E-state index >= 15 is 0 Å². The summed E-state index contributed by atoms with van der Waals surface area (Å²) in [6, 6.07) is 18.0. The Kier molecular flexibility index (Phi) is 19.6. The maximum atomic E-state index is 12.3. The number of hydrogen-bond acceptors (Lipinski definition) is 8. The molecule has 1 atom stereocenters. The highest BCUT2D eigenvalue weighted by molar-refractivity contribution is 5.96. The number of methoxy groups -OCH3 is 1. The fraction of sp³-hybridized carbons (Fsp3) is 0.545. The number of nitrogens with one attached hydrogen (secondary N) is 2. The summed E-state index contributed by atoms with van der Waals surface area (Å²) in [5.41, 5.74) is 3.43. The molecule has 2 N–H and O–H groups in total. The van der Waals surface area contributed by atoms with Crippen molar-refractivity contribution in [1.82, 2.24) is 10.6 Å². The molecule has 0 fully saturated rings. The standard InChI is InChI=1S/C33H48N2O8/c1-27(34-33(38)26-43-23-22-42-21-20-41-19-18-40-17-16-39-2)24-31(36)35-32(37)25-30-14-12-29(13-15-30)11-7-6-10-28-8-4-3-5-9-28/h3-5,8-9,12-15,27H,6-7,10-11,16-26H2,1-2H3,(H,34,38)(H,35,36,37)/t27-/m0/s1. The number of benzene rings is 2. The SMILES string of the molecule is COCCOCCOCCOCCOCC(=O)N[C@@H](C)CC(=O)NC(=O)Cc1ccc(CCCCc2ccccc2)cc1. The van der Waals surface area contributed by atoms with Gasteiger partial charge in [-0.3, -0.25) is 19.7 Å². The summed E-state index contributed by atoms with van der Waals surface area (Å²) in [5, 5.41) is 5.10. The van der Waals surface area contributed by atoms with Gasteiger partial charge in [-0.05, 0) is 49.3 Å². The minimum atomic E-state index is -0.447. The lowest BCUT2D eigenvalue weighted by Gasteiger charge is -2.14. The molecule has 43 heavy (non-hydrogen) atoms. The molecular weight excluding hydrogens is 552 g/mol. The minimum Gasteiger partial charge on any atom is -0.382 e. The third kappa shape index (κ3) is 18.9. The Labute approximate surface area is 255 Å². The number of carbonyl (C=O) groups excluding carboxylic acids is 3. The van der Waals surface area contributed by atoms with E-state index in [1.165, 1.54) is 11.1 Å². The number of unbranched alkanes of at least 4 members (excludes halogenated alkanes) is 1. The lowest BCUT2D eigenvalue weighted by Crippen LogP contribution is -2.40. The molecule has 0 aliphatic carbocycles. The number of imide groups is 1. The number of ether oxygens (including phenoxy) is 5. The van der Waals surface area contributed by atoms with Gasteiger partial charge in [-0.2, -0.15) is 0 Å². The van der Waals surface area contributed by atoms with Gasteiger partial charge in [0.25, 0.3) is 0 Å². The smallest absolute Gasteiger partial charge is 0.246 e. The van der Waals surface area contributed by atoms with Crippen molar-refractivity contribution in [2.45, 2.75) is 51.5 Å². The first kappa shape index (κ1) is 36.0. The van der Waals surface area contributed by atoms with E-state index < -0.39 is 11.9 Å². The number of carbonyl (C=O) groups is 3. The lowest BCUT2D eigenvalue weighted by atomic mass is 10.0. The predicted octanol–water partition coefficient (Wildman–Crippen LogP) is 3.04. The molecule has 0 heterocycles. The highest BCUT2D eigenvalue weighted by Gasteiger charge is 2.15. The Morgan fingerprint density at radius 1 is 0.628 bits per heavy atom. The van der Waals surface area contributed by atoms with Crippen LogP contribution in [0.1, 0.15) is 42.9 Å². The van der Waals surface area contributed by atoms with Crippen molar-refractivity contribution < 1.29 is 38.1 Å². The Balaban J connectivity index is 1.47. The molecule has 0 radical (unpaired) electrons. The van der Waals surface area contributed by atoms with E-state index in [4.69, 9.17) is 23.7 Å². The molecule has 0 saturated heterocycles. The van der Waals surface area contributed by atoms with Crippen LogP contribution in [0.5, 0.6) is 0 Å².